The molecule has 0 aliphatic heterocycles. The molecule has 0 aliphatic carbocycles. The Balaban J connectivity index is 3.57. The minimum Gasteiger partial charge on any atom is -0.276 e. The summed E-state index contributed by atoms with van der Waals surface area (Å²) in [6, 6.07) is 0. The fourth-order valence-electron chi connectivity index (χ4n) is 1.33. The second-order valence-corrected chi connectivity index (χ2v) is 5.53. The van der Waals surface area contributed by atoms with Crippen LogP contribution in [0.1, 0.15) is 52.4 Å². The third kappa shape index (κ3) is 10.6. The lowest BCUT2D eigenvalue weighted by molar-refractivity contribution is 0.437. The molecule has 0 unspecified atom stereocenters. The molecule has 0 amide bonds. The maximum absolute atomic E-state index is 10.2. The van der Waals surface area contributed by atoms with E-state index in [0.29, 0.717) is 0 Å². The normalized spacial score (nSPS) is 10.9. The Morgan fingerprint density at radius 1 is 1.00 bits per heavy atom. The summed E-state index contributed by atoms with van der Waals surface area (Å²) in [5.74, 6) is 0. The Bertz CT molecular complexity index is 135. The molecule has 4 heteroatoms. The fraction of sp³-hybridized carbons (Fsp3) is 0.909. The Hall–Kier alpha value is 0.330. The van der Waals surface area contributed by atoms with Gasteiger partial charge in [-0.3, -0.25) is 4.79 Å². The van der Waals surface area contributed by atoms with Crippen molar-refractivity contribution in [3.05, 3.63) is 0 Å². The molecule has 0 saturated carbocycles. The van der Waals surface area contributed by atoms with Gasteiger partial charge in [-0.25, -0.2) is 4.31 Å². The molecule has 0 aromatic heterocycles. The average Bonchev–Trinajstić information content (AvgIpc) is 2.25. The molecule has 0 fully saturated rings. The van der Waals surface area contributed by atoms with Gasteiger partial charge in [-0.1, -0.05) is 39.5 Å². The average molecular weight is 248 g/mol. The molecule has 0 spiro atoms. The maximum atomic E-state index is 10.2. The van der Waals surface area contributed by atoms with E-state index in [0.717, 1.165) is 13.1 Å². The van der Waals surface area contributed by atoms with Crippen LogP contribution in [0.4, 0.5) is 0 Å². The molecule has 0 aromatic rings. The Morgan fingerprint density at radius 2 is 1.53 bits per heavy atom. The van der Waals surface area contributed by atoms with Crippen LogP contribution >= 0.6 is 21.8 Å². The molecule has 0 aromatic carbocycles. The summed E-state index contributed by atoms with van der Waals surface area (Å²) in [5.41, 5.74) is 1.87. The molecular weight excluding hydrogens is 226 g/mol. The van der Waals surface area contributed by atoms with E-state index in [1.54, 1.807) is 11.0 Å². The summed E-state index contributed by atoms with van der Waals surface area (Å²) in [6.07, 6.45) is 7.52. The number of unbranched alkanes of at least 4 members (excludes halogenated alkanes) is 4. The summed E-state index contributed by atoms with van der Waals surface area (Å²) in [5, 5.41) is 0. The van der Waals surface area contributed by atoms with Gasteiger partial charge in [0.1, 0.15) is 0 Å². The molecule has 0 atom stereocenters. The van der Waals surface area contributed by atoms with E-state index in [1.165, 1.54) is 49.3 Å². The van der Waals surface area contributed by atoms with Gasteiger partial charge in [-0.15, -0.1) is 0 Å². The maximum Gasteiger partial charge on any atom is 0.278 e. The number of hydrogen-bond acceptors (Lipinski definition) is 4. The molecule has 2 nitrogen and oxygen atoms in total. The van der Waals surface area contributed by atoms with Crippen molar-refractivity contribution < 1.29 is 4.79 Å². The Morgan fingerprint density at radius 3 is 1.93 bits per heavy atom. The summed E-state index contributed by atoms with van der Waals surface area (Å²) in [4.78, 5) is 10.2. The first-order valence-electron chi connectivity index (χ1n) is 5.80. The van der Waals surface area contributed by atoms with Gasteiger partial charge in [-0.2, -0.15) is 0 Å². The summed E-state index contributed by atoms with van der Waals surface area (Å²) >= 11 is 0. The highest BCUT2D eigenvalue weighted by Crippen LogP contribution is 2.24. The Labute approximate surface area is 102 Å². The smallest absolute Gasteiger partial charge is 0.276 e. The van der Waals surface area contributed by atoms with Crippen molar-refractivity contribution in [2.75, 3.05) is 13.1 Å². The van der Waals surface area contributed by atoms with Crippen LogP contribution in [0.15, 0.2) is 0 Å². The predicted octanol–water partition coefficient (Wildman–Crippen LogP) is 4.03. The molecular formula is C11H22NOS2. The van der Waals surface area contributed by atoms with Crippen molar-refractivity contribution in [1.29, 1.82) is 0 Å². The lowest BCUT2D eigenvalue weighted by Crippen LogP contribution is -2.17. The van der Waals surface area contributed by atoms with Crippen LogP contribution in [-0.2, 0) is 4.79 Å². The van der Waals surface area contributed by atoms with E-state index in [1.807, 2.05) is 5.62 Å². The van der Waals surface area contributed by atoms with E-state index in [-0.39, 0.29) is 0 Å². The predicted molar refractivity (Wildman–Crippen MR) is 71.5 cm³/mol. The van der Waals surface area contributed by atoms with Crippen molar-refractivity contribution >= 4 is 27.4 Å². The molecule has 0 saturated heterocycles. The van der Waals surface area contributed by atoms with Gasteiger partial charge in [0, 0.05) is 34.9 Å². The zero-order chi connectivity index (χ0) is 11.4. The van der Waals surface area contributed by atoms with Crippen molar-refractivity contribution in [3.8, 4) is 0 Å². The van der Waals surface area contributed by atoms with Crippen molar-refractivity contribution in [2.45, 2.75) is 52.4 Å². The van der Waals surface area contributed by atoms with Crippen LogP contribution in [-0.4, -0.2) is 23.0 Å². The van der Waals surface area contributed by atoms with Crippen LogP contribution in [0.5, 0.6) is 0 Å². The van der Waals surface area contributed by atoms with Gasteiger partial charge in [0.15, 0.2) is 0 Å². The van der Waals surface area contributed by atoms with Gasteiger partial charge >= 0.3 is 0 Å². The molecule has 0 bridgehead atoms. The highest BCUT2D eigenvalue weighted by Gasteiger charge is 2.05. The molecule has 15 heavy (non-hydrogen) atoms. The summed E-state index contributed by atoms with van der Waals surface area (Å²) in [7, 11) is 2.72. The zero-order valence-corrected chi connectivity index (χ0v) is 11.5. The lowest BCUT2D eigenvalue weighted by atomic mass is 10.2. The van der Waals surface area contributed by atoms with E-state index >= 15 is 0 Å². The minimum absolute atomic E-state index is 1.09. The molecule has 0 aliphatic rings. The first-order chi connectivity index (χ1) is 7.35. The third-order valence-corrected chi connectivity index (χ3v) is 3.98. The monoisotopic (exact) mass is 248 g/mol. The fourth-order valence-corrected chi connectivity index (χ4v) is 2.73. The summed E-state index contributed by atoms with van der Waals surface area (Å²) < 4.78 is 2.29. The zero-order valence-electron chi connectivity index (χ0n) is 9.83. The van der Waals surface area contributed by atoms with Crippen LogP contribution in [0.3, 0.4) is 0 Å². The molecule has 0 N–H and O–H groups in total. The second kappa shape index (κ2) is 12.4. The molecule has 1 radical (unpaired) electrons. The number of hydrogen-bond donors (Lipinski definition) is 0. The SMILES string of the molecule is CCCCCN(CCCCC)SS[C]=O. The van der Waals surface area contributed by atoms with Crippen LogP contribution in [0.25, 0.3) is 0 Å². The quantitative estimate of drug-likeness (QED) is 0.312. The minimum atomic E-state index is 1.09. The van der Waals surface area contributed by atoms with Gasteiger partial charge in [0.05, 0.1) is 0 Å². The highest BCUT2D eigenvalue weighted by molar-refractivity contribution is 8.80. The molecule has 89 valence electrons. The van der Waals surface area contributed by atoms with E-state index in [2.05, 4.69) is 18.2 Å². The van der Waals surface area contributed by atoms with Crippen molar-refractivity contribution in [1.82, 2.24) is 4.31 Å². The van der Waals surface area contributed by atoms with Gasteiger partial charge in [0.25, 0.3) is 5.62 Å². The molecule has 0 rings (SSSR count). The van der Waals surface area contributed by atoms with Crippen molar-refractivity contribution in [2.24, 2.45) is 0 Å². The van der Waals surface area contributed by atoms with E-state index in [9.17, 15) is 4.79 Å². The van der Waals surface area contributed by atoms with Gasteiger partial charge in [-0.05, 0) is 12.8 Å². The van der Waals surface area contributed by atoms with Crippen LogP contribution in [0, 0.1) is 0 Å². The van der Waals surface area contributed by atoms with E-state index < -0.39 is 0 Å². The van der Waals surface area contributed by atoms with Crippen LogP contribution in [0.2, 0.25) is 0 Å². The first kappa shape index (κ1) is 15.3. The van der Waals surface area contributed by atoms with Crippen LogP contribution < -0.4 is 0 Å². The standard InChI is InChI=1S/C11H22NOS2/c1-3-5-7-9-12(15-14-11-13)10-8-6-4-2/h3-10H2,1-2H3. The number of carbonyl (C=O) groups excluding carboxylic acids is 1. The topological polar surface area (TPSA) is 20.3 Å². The second-order valence-electron chi connectivity index (χ2n) is 3.58. The number of nitrogens with zero attached hydrogens (tertiary/aromatic N) is 1. The largest absolute Gasteiger partial charge is 0.278 e. The van der Waals surface area contributed by atoms with Gasteiger partial charge in [0.2, 0.25) is 0 Å². The molecule has 0 heterocycles. The first-order valence-corrected chi connectivity index (χ1v) is 7.91. The van der Waals surface area contributed by atoms with E-state index in [4.69, 9.17) is 0 Å². The van der Waals surface area contributed by atoms with Crippen molar-refractivity contribution in [3.63, 3.8) is 0 Å². The van der Waals surface area contributed by atoms with Gasteiger partial charge < -0.3 is 0 Å². The lowest BCUT2D eigenvalue weighted by Gasteiger charge is -2.18. The highest BCUT2D eigenvalue weighted by atomic mass is 33.1. The number of rotatable bonds is 11. The Kier molecular flexibility index (Phi) is 12.7. The summed E-state index contributed by atoms with van der Waals surface area (Å²) in [6.45, 7) is 6.61. The third-order valence-electron chi connectivity index (χ3n) is 2.20.